The highest BCUT2D eigenvalue weighted by Crippen LogP contribution is 2.16. The standard InChI is InChI=1S/C11H20N2O/c1-2-12-5-7-13(8-6-12)11-3-9-14-10-4-11/h2,11H,1,3-10H2. The van der Waals surface area contributed by atoms with Gasteiger partial charge in [-0.1, -0.05) is 6.58 Å². The van der Waals surface area contributed by atoms with Crippen molar-refractivity contribution in [2.24, 2.45) is 0 Å². The number of hydrogen-bond donors (Lipinski definition) is 0. The largest absolute Gasteiger partial charge is 0.381 e. The van der Waals surface area contributed by atoms with E-state index in [2.05, 4.69) is 16.4 Å². The molecule has 3 heteroatoms. The van der Waals surface area contributed by atoms with E-state index in [9.17, 15) is 0 Å². The molecule has 0 saturated carbocycles. The van der Waals surface area contributed by atoms with Crippen molar-refractivity contribution in [1.82, 2.24) is 9.80 Å². The number of rotatable bonds is 2. The summed E-state index contributed by atoms with van der Waals surface area (Å²) in [5.74, 6) is 0. The SMILES string of the molecule is C=CN1CCN(C2CCOCC2)CC1. The van der Waals surface area contributed by atoms with Gasteiger partial charge in [-0.25, -0.2) is 0 Å². The molecule has 2 aliphatic rings. The monoisotopic (exact) mass is 196 g/mol. The topological polar surface area (TPSA) is 15.7 Å². The summed E-state index contributed by atoms with van der Waals surface area (Å²) in [6.45, 7) is 10.4. The third-order valence-electron chi connectivity index (χ3n) is 3.31. The Bertz CT molecular complexity index is 182. The molecule has 0 bridgehead atoms. The van der Waals surface area contributed by atoms with Gasteiger partial charge in [0.25, 0.3) is 0 Å². The van der Waals surface area contributed by atoms with Crippen LogP contribution in [0.5, 0.6) is 0 Å². The highest BCUT2D eigenvalue weighted by atomic mass is 16.5. The Labute approximate surface area is 86.3 Å². The number of ether oxygens (including phenoxy) is 1. The van der Waals surface area contributed by atoms with Crippen LogP contribution >= 0.6 is 0 Å². The molecule has 0 N–H and O–H groups in total. The molecule has 0 aromatic heterocycles. The third kappa shape index (κ3) is 2.28. The summed E-state index contributed by atoms with van der Waals surface area (Å²) in [6, 6.07) is 0.774. The maximum Gasteiger partial charge on any atom is 0.0480 e. The first kappa shape index (κ1) is 9.99. The van der Waals surface area contributed by atoms with E-state index in [0.717, 1.165) is 32.3 Å². The Morgan fingerprint density at radius 2 is 1.71 bits per heavy atom. The van der Waals surface area contributed by atoms with Gasteiger partial charge in [-0.05, 0) is 19.0 Å². The van der Waals surface area contributed by atoms with E-state index in [4.69, 9.17) is 4.74 Å². The number of nitrogens with zero attached hydrogens (tertiary/aromatic N) is 2. The molecule has 2 saturated heterocycles. The molecule has 0 spiro atoms. The van der Waals surface area contributed by atoms with Crippen LogP contribution in [0.2, 0.25) is 0 Å². The first-order chi connectivity index (χ1) is 6.90. The fourth-order valence-corrected chi connectivity index (χ4v) is 2.34. The Kier molecular flexibility index (Phi) is 3.43. The molecule has 14 heavy (non-hydrogen) atoms. The minimum Gasteiger partial charge on any atom is -0.381 e. The highest BCUT2D eigenvalue weighted by molar-refractivity contribution is 4.83. The van der Waals surface area contributed by atoms with Crippen LogP contribution in [0.1, 0.15) is 12.8 Å². The van der Waals surface area contributed by atoms with Crippen LogP contribution in [0.25, 0.3) is 0 Å². The van der Waals surface area contributed by atoms with Crippen molar-refractivity contribution < 1.29 is 4.74 Å². The molecule has 0 aromatic carbocycles. The molecule has 0 aromatic rings. The second kappa shape index (κ2) is 4.80. The van der Waals surface area contributed by atoms with E-state index in [1.807, 2.05) is 6.20 Å². The summed E-state index contributed by atoms with van der Waals surface area (Å²) >= 11 is 0. The van der Waals surface area contributed by atoms with Gasteiger partial charge in [0, 0.05) is 45.4 Å². The van der Waals surface area contributed by atoms with E-state index in [-0.39, 0.29) is 0 Å². The van der Waals surface area contributed by atoms with Gasteiger partial charge in [0.1, 0.15) is 0 Å². The lowest BCUT2D eigenvalue weighted by atomic mass is 10.1. The van der Waals surface area contributed by atoms with Crippen LogP contribution in [0.4, 0.5) is 0 Å². The van der Waals surface area contributed by atoms with Gasteiger partial charge < -0.3 is 9.64 Å². The molecule has 3 nitrogen and oxygen atoms in total. The van der Waals surface area contributed by atoms with Crippen molar-refractivity contribution in [2.45, 2.75) is 18.9 Å². The van der Waals surface area contributed by atoms with Crippen LogP contribution in [-0.2, 0) is 4.74 Å². The predicted molar refractivity (Wildman–Crippen MR) is 57.2 cm³/mol. The van der Waals surface area contributed by atoms with Crippen molar-refractivity contribution in [1.29, 1.82) is 0 Å². The lowest BCUT2D eigenvalue weighted by Gasteiger charge is -2.40. The first-order valence-electron chi connectivity index (χ1n) is 5.58. The van der Waals surface area contributed by atoms with Gasteiger partial charge in [-0.15, -0.1) is 0 Å². The Hall–Kier alpha value is -0.540. The maximum absolute atomic E-state index is 5.38. The molecular weight excluding hydrogens is 176 g/mol. The zero-order valence-corrected chi connectivity index (χ0v) is 8.82. The molecule has 2 aliphatic heterocycles. The molecule has 2 fully saturated rings. The average Bonchev–Trinajstić information content (AvgIpc) is 2.30. The molecule has 2 rings (SSSR count). The van der Waals surface area contributed by atoms with E-state index in [0.29, 0.717) is 0 Å². The first-order valence-corrected chi connectivity index (χ1v) is 5.58. The molecule has 0 aliphatic carbocycles. The van der Waals surface area contributed by atoms with Crippen molar-refractivity contribution in [3.05, 3.63) is 12.8 Å². The number of hydrogen-bond acceptors (Lipinski definition) is 3. The minimum atomic E-state index is 0.774. The molecule has 0 radical (unpaired) electrons. The van der Waals surface area contributed by atoms with Gasteiger partial charge in [-0.2, -0.15) is 0 Å². The fourth-order valence-electron chi connectivity index (χ4n) is 2.34. The van der Waals surface area contributed by atoms with Crippen molar-refractivity contribution in [3.8, 4) is 0 Å². The summed E-state index contributed by atoms with van der Waals surface area (Å²) in [6.07, 6.45) is 4.39. The maximum atomic E-state index is 5.38. The summed E-state index contributed by atoms with van der Waals surface area (Å²) < 4.78 is 5.38. The van der Waals surface area contributed by atoms with E-state index in [1.165, 1.54) is 25.9 Å². The van der Waals surface area contributed by atoms with Crippen LogP contribution in [0.15, 0.2) is 12.8 Å². The van der Waals surface area contributed by atoms with Crippen LogP contribution in [0, 0.1) is 0 Å². The quantitative estimate of drug-likeness (QED) is 0.653. The van der Waals surface area contributed by atoms with Crippen LogP contribution < -0.4 is 0 Å². The predicted octanol–water partition coefficient (Wildman–Crippen LogP) is 0.926. The summed E-state index contributed by atoms with van der Waals surface area (Å²) in [7, 11) is 0. The molecule has 0 atom stereocenters. The fraction of sp³-hybridized carbons (Fsp3) is 0.818. The Morgan fingerprint density at radius 3 is 2.29 bits per heavy atom. The van der Waals surface area contributed by atoms with Gasteiger partial charge in [0.05, 0.1) is 0 Å². The van der Waals surface area contributed by atoms with E-state index < -0.39 is 0 Å². The average molecular weight is 196 g/mol. The van der Waals surface area contributed by atoms with Gasteiger partial charge >= 0.3 is 0 Å². The van der Waals surface area contributed by atoms with Crippen molar-refractivity contribution >= 4 is 0 Å². The second-order valence-electron chi connectivity index (χ2n) is 4.10. The van der Waals surface area contributed by atoms with Crippen molar-refractivity contribution in [2.75, 3.05) is 39.4 Å². The summed E-state index contributed by atoms with van der Waals surface area (Å²) in [5, 5.41) is 0. The van der Waals surface area contributed by atoms with Gasteiger partial charge in [0.15, 0.2) is 0 Å². The molecule has 0 unspecified atom stereocenters. The molecular formula is C11H20N2O. The zero-order valence-electron chi connectivity index (χ0n) is 8.82. The lowest BCUT2D eigenvalue weighted by molar-refractivity contribution is 0.0197. The van der Waals surface area contributed by atoms with Gasteiger partial charge in [0.2, 0.25) is 0 Å². The lowest BCUT2D eigenvalue weighted by Crippen LogP contribution is -2.50. The summed E-state index contributed by atoms with van der Waals surface area (Å²) in [4.78, 5) is 4.92. The Balaban J connectivity index is 1.78. The van der Waals surface area contributed by atoms with Crippen molar-refractivity contribution in [3.63, 3.8) is 0 Å². The molecule has 80 valence electrons. The normalized spacial score (nSPS) is 26.4. The number of piperazine rings is 1. The molecule has 0 amide bonds. The minimum absolute atomic E-state index is 0.774. The molecule has 2 heterocycles. The second-order valence-corrected chi connectivity index (χ2v) is 4.10. The van der Waals surface area contributed by atoms with Crippen LogP contribution in [-0.4, -0.2) is 55.2 Å². The zero-order chi connectivity index (χ0) is 9.80. The Morgan fingerprint density at radius 1 is 1.07 bits per heavy atom. The summed E-state index contributed by atoms with van der Waals surface area (Å²) in [5.41, 5.74) is 0. The van der Waals surface area contributed by atoms with E-state index in [1.54, 1.807) is 0 Å². The van der Waals surface area contributed by atoms with Gasteiger partial charge in [-0.3, -0.25) is 4.90 Å². The van der Waals surface area contributed by atoms with E-state index >= 15 is 0 Å². The third-order valence-corrected chi connectivity index (χ3v) is 3.31. The van der Waals surface area contributed by atoms with Crippen LogP contribution in [0.3, 0.4) is 0 Å². The smallest absolute Gasteiger partial charge is 0.0480 e. The highest BCUT2D eigenvalue weighted by Gasteiger charge is 2.24.